The number of guanidine groups is 1. The molecule has 2 N–H and O–H groups in total. The normalized spacial score (nSPS) is 16.2. The number of ether oxygens (including phenoxy) is 1. The molecule has 0 aliphatic carbocycles. The Morgan fingerprint density at radius 1 is 1.29 bits per heavy atom. The fourth-order valence-corrected chi connectivity index (χ4v) is 4.36. The van der Waals surface area contributed by atoms with Crippen LogP contribution in [-0.4, -0.2) is 49.6 Å². The highest BCUT2D eigenvalue weighted by molar-refractivity contribution is 7.09. The van der Waals surface area contributed by atoms with Crippen LogP contribution in [0.25, 0.3) is 0 Å². The molecule has 6 nitrogen and oxygen atoms in total. The summed E-state index contributed by atoms with van der Waals surface area (Å²) in [6, 6.07) is 8.57. The van der Waals surface area contributed by atoms with Crippen molar-refractivity contribution in [1.82, 2.24) is 20.5 Å². The van der Waals surface area contributed by atoms with E-state index < -0.39 is 0 Å². The molecule has 1 aromatic carbocycles. The van der Waals surface area contributed by atoms with Crippen LogP contribution in [0.15, 0.2) is 34.6 Å². The molecule has 1 aliphatic heterocycles. The predicted octanol–water partition coefficient (Wildman–Crippen LogP) is 3.22. The largest absolute Gasteiger partial charge is 0.496 e. The summed E-state index contributed by atoms with van der Waals surface area (Å²) in [5, 5.41) is 10.2. The molecule has 0 saturated carbocycles. The number of hydrogen-bond acceptors (Lipinski definition) is 5. The molecule has 3 rings (SSSR count). The van der Waals surface area contributed by atoms with Crippen LogP contribution < -0.4 is 15.4 Å². The number of benzene rings is 1. The Hall–Kier alpha value is -2.12. The van der Waals surface area contributed by atoms with Gasteiger partial charge in [0, 0.05) is 24.5 Å². The van der Waals surface area contributed by atoms with Crippen molar-refractivity contribution in [2.75, 3.05) is 33.8 Å². The summed E-state index contributed by atoms with van der Waals surface area (Å²) in [6.45, 7) is 5.83. The summed E-state index contributed by atoms with van der Waals surface area (Å²) >= 11 is 1.71. The molecule has 2 heterocycles. The molecule has 0 spiro atoms. The molecule has 1 fully saturated rings. The number of hydrogen-bond donors (Lipinski definition) is 2. The Morgan fingerprint density at radius 3 is 2.75 bits per heavy atom. The zero-order chi connectivity index (χ0) is 19.8. The molecule has 152 valence electrons. The molecule has 1 atom stereocenters. The van der Waals surface area contributed by atoms with Crippen molar-refractivity contribution in [2.24, 2.45) is 4.99 Å². The Morgan fingerprint density at radius 2 is 2.07 bits per heavy atom. The van der Waals surface area contributed by atoms with Crippen LogP contribution in [0.4, 0.5) is 0 Å². The first-order valence-electron chi connectivity index (χ1n) is 10.00. The van der Waals surface area contributed by atoms with Gasteiger partial charge in [-0.1, -0.05) is 25.1 Å². The Balaban J connectivity index is 1.64. The van der Waals surface area contributed by atoms with Crippen molar-refractivity contribution < 1.29 is 4.74 Å². The lowest BCUT2D eigenvalue weighted by Gasteiger charge is -2.30. The van der Waals surface area contributed by atoms with Crippen LogP contribution in [0.3, 0.4) is 0 Å². The number of methoxy groups -OCH3 is 1. The summed E-state index contributed by atoms with van der Waals surface area (Å²) in [7, 11) is 3.55. The molecular weight excluding hydrogens is 370 g/mol. The van der Waals surface area contributed by atoms with Crippen LogP contribution in [-0.2, 0) is 13.0 Å². The monoisotopic (exact) mass is 401 g/mol. The highest BCUT2D eigenvalue weighted by Gasteiger charge is 2.26. The molecule has 1 aromatic heterocycles. The fourth-order valence-electron chi connectivity index (χ4n) is 3.61. The van der Waals surface area contributed by atoms with E-state index in [-0.39, 0.29) is 6.04 Å². The summed E-state index contributed by atoms with van der Waals surface area (Å²) < 4.78 is 5.63. The standard InChI is InChI=1S/C21H31N5OS/c1-4-20-25-16(15-28-20)13-23-21(22-2)24-14-18(26-11-7-8-12-26)17-9-5-6-10-19(17)27-3/h5-6,9-10,15,18H,4,7-8,11-14H2,1-3H3,(H2,22,23,24). The minimum Gasteiger partial charge on any atom is -0.496 e. The molecule has 0 bridgehead atoms. The van der Waals surface area contributed by atoms with E-state index in [9.17, 15) is 0 Å². The van der Waals surface area contributed by atoms with Gasteiger partial charge < -0.3 is 15.4 Å². The number of aliphatic imine (C=N–C) groups is 1. The van der Waals surface area contributed by atoms with Crippen molar-refractivity contribution in [3.8, 4) is 5.75 Å². The van der Waals surface area contributed by atoms with Crippen LogP contribution >= 0.6 is 11.3 Å². The maximum absolute atomic E-state index is 5.63. The molecule has 0 amide bonds. The van der Waals surface area contributed by atoms with Gasteiger partial charge in [-0.2, -0.15) is 0 Å². The maximum atomic E-state index is 5.63. The average Bonchev–Trinajstić information content (AvgIpc) is 3.43. The maximum Gasteiger partial charge on any atom is 0.191 e. The third kappa shape index (κ3) is 5.23. The van der Waals surface area contributed by atoms with E-state index in [0.29, 0.717) is 6.54 Å². The molecular formula is C21H31N5OS. The van der Waals surface area contributed by atoms with E-state index in [1.165, 1.54) is 23.4 Å². The van der Waals surface area contributed by atoms with E-state index in [0.717, 1.165) is 43.5 Å². The first-order valence-corrected chi connectivity index (χ1v) is 10.9. The molecule has 2 aromatic rings. The topological polar surface area (TPSA) is 61.8 Å². The number of aryl methyl sites for hydroxylation is 1. The number of likely N-dealkylation sites (tertiary alicyclic amines) is 1. The van der Waals surface area contributed by atoms with Crippen LogP contribution in [0.5, 0.6) is 5.75 Å². The van der Waals surface area contributed by atoms with Crippen molar-refractivity contribution in [2.45, 2.75) is 38.8 Å². The van der Waals surface area contributed by atoms with E-state index in [4.69, 9.17) is 4.74 Å². The second-order valence-corrected chi connectivity index (χ2v) is 7.84. The number of aromatic nitrogens is 1. The van der Waals surface area contributed by atoms with Crippen LogP contribution in [0.2, 0.25) is 0 Å². The van der Waals surface area contributed by atoms with Gasteiger partial charge in [0.2, 0.25) is 0 Å². The van der Waals surface area contributed by atoms with E-state index >= 15 is 0 Å². The summed E-state index contributed by atoms with van der Waals surface area (Å²) in [5.41, 5.74) is 2.28. The van der Waals surface area contributed by atoms with Gasteiger partial charge in [-0.25, -0.2) is 4.98 Å². The highest BCUT2D eigenvalue weighted by atomic mass is 32.1. The van der Waals surface area contributed by atoms with Gasteiger partial charge >= 0.3 is 0 Å². The molecule has 1 saturated heterocycles. The van der Waals surface area contributed by atoms with E-state index in [2.05, 4.69) is 49.9 Å². The fraction of sp³-hybridized carbons (Fsp3) is 0.524. The first kappa shape index (κ1) is 20.6. The van der Waals surface area contributed by atoms with Crippen LogP contribution in [0.1, 0.15) is 42.1 Å². The van der Waals surface area contributed by atoms with Gasteiger partial charge in [0.1, 0.15) is 5.75 Å². The number of nitrogens with one attached hydrogen (secondary N) is 2. The van der Waals surface area contributed by atoms with E-state index in [1.807, 2.05) is 19.2 Å². The number of rotatable bonds is 8. The zero-order valence-electron chi connectivity index (χ0n) is 17.1. The number of para-hydroxylation sites is 1. The first-order chi connectivity index (χ1) is 13.7. The smallest absolute Gasteiger partial charge is 0.191 e. The third-order valence-electron chi connectivity index (χ3n) is 5.10. The summed E-state index contributed by atoms with van der Waals surface area (Å²) in [6.07, 6.45) is 3.48. The SMILES string of the molecule is CCc1nc(CNC(=NC)NCC(c2ccccc2OC)N2CCCC2)cs1. The Bertz CT molecular complexity index is 770. The van der Waals surface area contributed by atoms with Gasteiger partial charge in [0.25, 0.3) is 0 Å². The lowest BCUT2D eigenvalue weighted by atomic mass is 10.0. The van der Waals surface area contributed by atoms with Gasteiger partial charge in [-0.3, -0.25) is 9.89 Å². The lowest BCUT2D eigenvalue weighted by molar-refractivity contribution is 0.239. The third-order valence-corrected chi connectivity index (χ3v) is 6.15. The van der Waals surface area contributed by atoms with Gasteiger partial charge in [-0.15, -0.1) is 11.3 Å². The van der Waals surface area contributed by atoms with Gasteiger partial charge in [0.05, 0.1) is 30.4 Å². The van der Waals surface area contributed by atoms with Gasteiger partial charge in [0.15, 0.2) is 5.96 Å². The van der Waals surface area contributed by atoms with E-state index in [1.54, 1.807) is 18.4 Å². The lowest BCUT2D eigenvalue weighted by Crippen LogP contribution is -2.42. The molecule has 7 heteroatoms. The second-order valence-electron chi connectivity index (χ2n) is 6.89. The Labute approximate surface area is 172 Å². The molecule has 28 heavy (non-hydrogen) atoms. The van der Waals surface area contributed by atoms with Crippen LogP contribution in [0, 0.1) is 0 Å². The molecule has 1 aliphatic rings. The minimum atomic E-state index is 0.253. The van der Waals surface area contributed by atoms with Crippen molar-refractivity contribution in [1.29, 1.82) is 0 Å². The summed E-state index contributed by atoms with van der Waals surface area (Å²) in [4.78, 5) is 11.5. The second kappa shape index (κ2) is 10.4. The zero-order valence-corrected chi connectivity index (χ0v) is 17.9. The van der Waals surface area contributed by atoms with Crippen molar-refractivity contribution in [3.05, 3.63) is 45.9 Å². The van der Waals surface area contributed by atoms with Crippen molar-refractivity contribution in [3.63, 3.8) is 0 Å². The molecule has 0 radical (unpaired) electrons. The van der Waals surface area contributed by atoms with Gasteiger partial charge in [-0.05, 0) is 38.4 Å². The Kier molecular flexibility index (Phi) is 7.68. The quantitative estimate of drug-likeness (QED) is 0.525. The number of nitrogens with zero attached hydrogens (tertiary/aromatic N) is 3. The average molecular weight is 402 g/mol. The molecule has 1 unspecified atom stereocenters. The minimum absolute atomic E-state index is 0.253. The summed E-state index contributed by atoms with van der Waals surface area (Å²) in [5.74, 6) is 1.74. The van der Waals surface area contributed by atoms with Crippen molar-refractivity contribution >= 4 is 17.3 Å². The number of thiazole rings is 1. The predicted molar refractivity (Wildman–Crippen MR) is 116 cm³/mol. The highest BCUT2D eigenvalue weighted by Crippen LogP contribution is 2.31.